The van der Waals surface area contributed by atoms with E-state index in [-0.39, 0.29) is 5.91 Å². The third kappa shape index (κ3) is 6.05. The largest absolute Gasteiger partial charge is 0.355 e. The summed E-state index contributed by atoms with van der Waals surface area (Å²) in [5, 5.41) is 2.97. The van der Waals surface area contributed by atoms with Crippen molar-refractivity contribution in [1.29, 1.82) is 0 Å². The molecule has 0 heterocycles. The van der Waals surface area contributed by atoms with E-state index in [1.165, 1.54) is 16.0 Å². The number of amides is 1. The molecule has 110 valence electrons. The Morgan fingerprint density at radius 1 is 1.05 bits per heavy atom. The van der Waals surface area contributed by atoms with Gasteiger partial charge in [-0.3, -0.25) is 4.79 Å². The summed E-state index contributed by atoms with van der Waals surface area (Å²) in [7, 11) is 0. The van der Waals surface area contributed by atoms with E-state index < -0.39 is 0 Å². The Bertz CT molecular complexity index is 551. The van der Waals surface area contributed by atoms with Gasteiger partial charge in [0.25, 0.3) is 0 Å². The van der Waals surface area contributed by atoms with Crippen LogP contribution in [0.15, 0.2) is 59.5 Å². The SMILES string of the molecule is Cc1ccc(CCC(=O)NCCSc2ccccc2)cc1. The molecule has 0 atom stereocenters. The molecule has 0 aliphatic rings. The van der Waals surface area contributed by atoms with Gasteiger partial charge in [0.05, 0.1) is 0 Å². The smallest absolute Gasteiger partial charge is 0.220 e. The van der Waals surface area contributed by atoms with Crippen LogP contribution in [0.5, 0.6) is 0 Å². The fourth-order valence-corrected chi connectivity index (χ4v) is 2.77. The maximum Gasteiger partial charge on any atom is 0.220 e. The minimum atomic E-state index is 0.129. The summed E-state index contributed by atoms with van der Waals surface area (Å²) < 4.78 is 0. The first-order valence-electron chi connectivity index (χ1n) is 7.24. The molecular formula is C18H21NOS. The fourth-order valence-electron chi connectivity index (χ4n) is 1.98. The number of rotatable bonds is 7. The lowest BCUT2D eigenvalue weighted by Gasteiger charge is -2.06. The molecule has 1 amide bonds. The topological polar surface area (TPSA) is 29.1 Å². The van der Waals surface area contributed by atoms with Gasteiger partial charge in [-0.15, -0.1) is 11.8 Å². The second-order valence-electron chi connectivity index (χ2n) is 5.00. The maximum absolute atomic E-state index is 11.8. The van der Waals surface area contributed by atoms with Crippen LogP contribution in [0.3, 0.4) is 0 Å². The summed E-state index contributed by atoms with van der Waals surface area (Å²) in [4.78, 5) is 13.0. The monoisotopic (exact) mass is 299 g/mol. The first-order valence-corrected chi connectivity index (χ1v) is 8.23. The van der Waals surface area contributed by atoms with Crippen LogP contribution in [-0.2, 0) is 11.2 Å². The average Bonchev–Trinajstić information content (AvgIpc) is 2.52. The van der Waals surface area contributed by atoms with Crippen LogP contribution in [0.25, 0.3) is 0 Å². The summed E-state index contributed by atoms with van der Waals surface area (Å²) in [6, 6.07) is 18.6. The van der Waals surface area contributed by atoms with Crippen molar-refractivity contribution in [1.82, 2.24) is 5.32 Å². The summed E-state index contributed by atoms with van der Waals surface area (Å²) in [6.45, 7) is 2.78. The Morgan fingerprint density at radius 2 is 1.76 bits per heavy atom. The molecule has 0 saturated heterocycles. The molecule has 0 saturated carbocycles. The lowest BCUT2D eigenvalue weighted by atomic mass is 10.1. The molecule has 0 aliphatic heterocycles. The molecule has 0 bridgehead atoms. The Labute approximate surface area is 131 Å². The van der Waals surface area contributed by atoms with Crippen LogP contribution in [0.2, 0.25) is 0 Å². The van der Waals surface area contributed by atoms with Crippen molar-refractivity contribution in [2.24, 2.45) is 0 Å². The number of nitrogens with one attached hydrogen (secondary N) is 1. The standard InChI is InChI=1S/C18H21NOS/c1-15-7-9-16(10-8-15)11-12-18(20)19-13-14-21-17-5-3-2-4-6-17/h2-10H,11-14H2,1H3,(H,19,20). The highest BCUT2D eigenvalue weighted by atomic mass is 32.2. The van der Waals surface area contributed by atoms with Gasteiger partial charge in [-0.1, -0.05) is 48.0 Å². The lowest BCUT2D eigenvalue weighted by Crippen LogP contribution is -2.25. The minimum absolute atomic E-state index is 0.129. The van der Waals surface area contributed by atoms with Gasteiger partial charge in [0.15, 0.2) is 0 Å². The molecule has 2 aromatic carbocycles. The first kappa shape index (κ1) is 15.6. The number of hydrogen-bond acceptors (Lipinski definition) is 2. The Balaban J connectivity index is 1.60. The van der Waals surface area contributed by atoms with E-state index >= 15 is 0 Å². The molecule has 0 aromatic heterocycles. The maximum atomic E-state index is 11.8. The highest BCUT2D eigenvalue weighted by Gasteiger charge is 2.02. The molecule has 0 aliphatic carbocycles. The summed E-state index contributed by atoms with van der Waals surface area (Å²) >= 11 is 1.76. The van der Waals surface area contributed by atoms with Crippen LogP contribution in [0.4, 0.5) is 0 Å². The van der Waals surface area contributed by atoms with Crippen molar-refractivity contribution in [2.45, 2.75) is 24.7 Å². The van der Waals surface area contributed by atoms with E-state index in [0.29, 0.717) is 13.0 Å². The van der Waals surface area contributed by atoms with Crippen LogP contribution >= 0.6 is 11.8 Å². The van der Waals surface area contributed by atoms with Gasteiger partial charge in [0, 0.05) is 23.6 Å². The van der Waals surface area contributed by atoms with Crippen molar-refractivity contribution in [3.8, 4) is 0 Å². The number of benzene rings is 2. The molecule has 2 rings (SSSR count). The molecule has 2 nitrogen and oxygen atoms in total. The van der Waals surface area contributed by atoms with Crippen molar-refractivity contribution in [3.05, 3.63) is 65.7 Å². The van der Waals surface area contributed by atoms with E-state index in [1.807, 2.05) is 18.2 Å². The third-order valence-electron chi connectivity index (χ3n) is 3.20. The molecule has 1 N–H and O–H groups in total. The zero-order valence-electron chi connectivity index (χ0n) is 12.3. The Hall–Kier alpha value is -1.74. The van der Waals surface area contributed by atoms with Crippen molar-refractivity contribution in [3.63, 3.8) is 0 Å². The van der Waals surface area contributed by atoms with Gasteiger partial charge in [0.1, 0.15) is 0 Å². The zero-order chi connectivity index (χ0) is 14.9. The fraction of sp³-hybridized carbons (Fsp3) is 0.278. The van der Waals surface area contributed by atoms with Crippen LogP contribution < -0.4 is 5.32 Å². The average molecular weight is 299 g/mol. The molecule has 0 fully saturated rings. The predicted molar refractivity (Wildman–Crippen MR) is 89.7 cm³/mol. The normalized spacial score (nSPS) is 10.3. The highest BCUT2D eigenvalue weighted by Crippen LogP contribution is 2.15. The van der Waals surface area contributed by atoms with E-state index in [1.54, 1.807) is 11.8 Å². The second kappa shape index (κ2) is 8.53. The van der Waals surface area contributed by atoms with E-state index in [0.717, 1.165) is 12.2 Å². The lowest BCUT2D eigenvalue weighted by molar-refractivity contribution is -0.120. The van der Waals surface area contributed by atoms with Gasteiger partial charge >= 0.3 is 0 Å². The highest BCUT2D eigenvalue weighted by molar-refractivity contribution is 7.99. The molecule has 0 unspecified atom stereocenters. The van der Waals surface area contributed by atoms with Gasteiger partial charge in [-0.05, 0) is 31.0 Å². The number of hydrogen-bond donors (Lipinski definition) is 1. The molecule has 0 spiro atoms. The van der Waals surface area contributed by atoms with E-state index in [4.69, 9.17) is 0 Å². The summed E-state index contributed by atoms with van der Waals surface area (Å²) in [5.74, 6) is 1.03. The molecular weight excluding hydrogens is 278 g/mol. The quantitative estimate of drug-likeness (QED) is 0.622. The van der Waals surface area contributed by atoms with Gasteiger partial charge in [-0.2, -0.15) is 0 Å². The first-order chi connectivity index (χ1) is 10.2. The summed E-state index contributed by atoms with van der Waals surface area (Å²) in [5.41, 5.74) is 2.47. The summed E-state index contributed by atoms with van der Waals surface area (Å²) in [6.07, 6.45) is 1.36. The second-order valence-corrected chi connectivity index (χ2v) is 6.17. The molecule has 21 heavy (non-hydrogen) atoms. The Kier molecular flexibility index (Phi) is 6.35. The van der Waals surface area contributed by atoms with Crippen molar-refractivity contribution in [2.75, 3.05) is 12.3 Å². The van der Waals surface area contributed by atoms with Crippen LogP contribution in [0.1, 0.15) is 17.5 Å². The molecule has 0 radical (unpaired) electrons. The zero-order valence-corrected chi connectivity index (χ0v) is 13.2. The number of thioether (sulfide) groups is 1. The molecule has 2 aromatic rings. The minimum Gasteiger partial charge on any atom is -0.355 e. The van der Waals surface area contributed by atoms with E-state index in [2.05, 4.69) is 48.6 Å². The van der Waals surface area contributed by atoms with Gasteiger partial charge in [0.2, 0.25) is 5.91 Å². The van der Waals surface area contributed by atoms with E-state index in [9.17, 15) is 4.79 Å². The number of aryl methyl sites for hydroxylation is 2. The van der Waals surface area contributed by atoms with Crippen LogP contribution in [-0.4, -0.2) is 18.2 Å². The number of carbonyl (C=O) groups excluding carboxylic acids is 1. The van der Waals surface area contributed by atoms with Gasteiger partial charge < -0.3 is 5.32 Å². The van der Waals surface area contributed by atoms with Crippen LogP contribution in [0, 0.1) is 6.92 Å². The van der Waals surface area contributed by atoms with Gasteiger partial charge in [-0.25, -0.2) is 0 Å². The van der Waals surface area contributed by atoms with Crippen molar-refractivity contribution < 1.29 is 4.79 Å². The Morgan fingerprint density at radius 3 is 2.48 bits per heavy atom. The third-order valence-corrected chi connectivity index (χ3v) is 4.21. The van der Waals surface area contributed by atoms with Crippen molar-refractivity contribution >= 4 is 17.7 Å². The number of carbonyl (C=O) groups is 1. The predicted octanol–water partition coefficient (Wildman–Crippen LogP) is 3.84. The molecule has 3 heteroatoms.